The van der Waals surface area contributed by atoms with Crippen molar-refractivity contribution < 1.29 is 0 Å². The molecule has 1 fully saturated rings. The molecule has 2 aromatic heterocycles. The summed E-state index contributed by atoms with van der Waals surface area (Å²) in [6, 6.07) is 16.9. The van der Waals surface area contributed by atoms with Gasteiger partial charge < -0.3 is 14.8 Å². The van der Waals surface area contributed by atoms with Gasteiger partial charge in [-0.2, -0.15) is 0 Å². The van der Waals surface area contributed by atoms with Crippen molar-refractivity contribution in [1.82, 2.24) is 14.9 Å². The number of nitrogens with one attached hydrogen (secondary N) is 1. The van der Waals surface area contributed by atoms with E-state index in [0.29, 0.717) is 6.04 Å². The van der Waals surface area contributed by atoms with E-state index in [-0.39, 0.29) is 12.1 Å². The molecule has 1 aliphatic heterocycles. The molecule has 1 N–H and O–H groups in total. The van der Waals surface area contributed by atoms with E-state index in [9.17, 15) is 0 Å². The second-order valence-corrected chi connectivity index (χ2v) is 8.26. The third kappa shape index (κ3) is 3.51. The number of anilines is 1. The van der Waals surface area contributed by atoms with Gasteiger partial charge in [-0.15, -0.1) is 0 Å². The maximum atomic E-state index is 5.74. The molecule has 3 aromatic rings. The molecule has 3 heterocycles. The second-order valence-electron chi connectivity index (χ2n) is 6.96. The van der Waals surface area contributed by atoms with E-state index in [1.54, 1.807) is 0 Å². The van der Waals surface area contributed by atoms with Gasteiger partial charge in [0.2, 0.25) is 0 Å². The van der Waals surface area contributed by atoms with Crippen LogP contribution < -0.4 is 10.2 Å². The Labute approximate surface area is 173 Å². The summed E-state index contributed by atoms with van der Waals surface area (Å²) in [6.45, 7) is 4.37. The van der Waals surface area contributed by atoms with Crippen LogP contribution in [0.5, 0.6) is 0 Å². The average Bonchev–Trinajstić information content (AvgIpc) is 3.28. The first-order chi connectivity index (χ1) is 13.0. The predicted octanol–water partition coefficient (Wildman–Crippen LogP) is 5.40. The Morgan fingerprint density at radius 1 is 1.11 bits per heavy atom. The van der Waals surface area contributed by atoms with Crippen LogP contribution in [0.1, 0.15) is 43.2 Å². The summed E-state index contributed by atoms with van der Waals surface area (Å²) in [6.07, 6.45) is 6.18. The second kappa shape index (κ2) is 7.44. The SMILES string of the molecule is CC(C)n1ccc([C@H]2[C@H](c3ccccn3)NC(=S)N2c2ccc(Br)cc2)c1. The summed E-state index contributed by atoms with van der Waals surface area (Å²) in [5, 5.41) is 4.21. The van der Waals surface area contributed by atoms with Crippen molar-refractivity contribution in [1.29, 1.82) is 0 Å². The maximum Gasteiger partial charge on any atom is 0.174 e. The van der Waals surface area contributed by atoms with Gasteiger partial charge in [-0.05, 0) is 74.1 Å². The van der Waals surface area contributed by atoms with E-state index in [1.807, 2.05) is 30.5 Å². The highest BCUT2D eigenvalue weighted by molar-refractivity contribution is 9.10. The topological polar surface area (TPSA) is 33.1 Å². The first kappa shape index (κ1) is 18.2. The van der Waals surface area contributed by atoms with Gasteiger partial charge in [-0.3, -0.25) is 4.98 Å². The molecule has 0 bridgehead atoms. The number of aromatic nitrogens is 2. The Morgan fingerprint density at radius 3 is 2.52 bits per heavy atom. The Hall–Kier alpha value is -2.18. The van der Waals surface area contributed by atoms with Crippen molar-refractivity contribution in [3.8, 4) is 0 Å². The van der Waals surface area contributed by atoms with Crippen LogP contribution in [0.15, 0.2) is 71.6 Å². The molecule has 6 heteroatoms. The van der Waals surface area contributed by atoms with E-state index in [0.717, 1.165) is 21.0 Å². The highest BCUT2D eigenvalue weighted by Crippen LogP contribution is 2.41. The molecule has 0 saturated carbocycles. The lowest BCUT2D eigenvalue weighted by Gasteiger charge is -2.27. The molecule has 138 valence electrons. The zero-order valence-electron chi connectivity index (χ0n) is 15.2. The molecule has 0 amide bonds. The normalized spacial score (nSPS) is 19.6. The van der Waals surface area contributed by atoms with Crippen molar-refractivity contribution in [3.63, 3.8) is 0 Å². The molecule has 4 rings (SSSR count). The van der Waals surface area contributed by atoms with Gasteiger partial charge in [0.05, 0.1) is 17.8 Å². The van der Waals surface area contributed by atoms with E-state index in [1.165, 1.54) is 5.56 Å². The predicted molar refractivity (Wildman–Crippen MR) is 117 cm³/mol. The molecule has 0 unspecified atom stereocenters. The molecule has 0 spiro atoms. The molecule has 1 aliphatic rings. The third-order valence-corrected chi connectivity index (χ3v) is 5.72. The number of pyridine rings is 1. The van der Waals surface area contributed by atoms with Gasteiger partial charge >= 0.3 is 0 Å². The molecule has 27 heavy (non-hydrogen) atoms. The van der Waals surface area contributed by atoms with Crippen molar-refractivity contribution in [3.05, 3.63) is 82.9 Å². The Bertz CT molecular complexity index is 936. The fourth-order valence-corrected chi connectivity index (χ4v) is 4.11. The first-order valence-electron chi connectivity index (χ1n) is 8.98. The summed E-state index contributed by atoms with van der Waals surface area (Å²) in [5.74, 6) is 0. The minimum absolute atomic E-state index is 0.00893. The molecular weight excluding hydrogens is 420 g/mol. The van der Waals surface area contributed by atoms with Crippen LogP contribution in [-0.2, 0) is 0 Å². The van der Waals surface area contributed by atoms with Crippen molar-refractivity contribution in [2.45, 2.75) is 32.0 Å². The average molecular weight is 441 g/mol. The summed E-state index contributed by atoms with van der Waals surface area (Å²) in [4.78, 5) is 6.79. The summed E-state index contributed by atoms with van der Waals surface area (Å²) in [7, 11) is 0. The van der Waals surface area contributed by atoms with E-state index in [4.69, 9.17) is 12.2 Å². The Kier molecular flexibility index (Phi) is 5.02. The number of halogens is 1. The van der Waals surface area contributed by atoms with Gasteiger partial charge in [0, 0.05) is 34.8 Å². The lowest BCUT2D eigenvalue weighted by molar-refractivity contribution is 0.560. The quantitative estimate of drug-likeness (QED) is 0.550. The fraction of sp³-hybridized carbons (Fsp3) is 0.238. The van der Waals surface area contributed by atoms with Crippen LogP contribution in [-0.4, -0.2) is 14.7 Å². The highest BCUT2D eigenvalue weighted by Gasteiger charge is 2.41. The third-order valence-electron chi connectivity index (χ3n) is 4.88. The smallest absolute Gasteiger partial charge is 0.174 e. The minimum atomic E-state index is -0.00893. The summed E-state index contributed by atoms with van der Waals surface area (Å²) >= 11 is 9.25. The van der Waals surface area contributed by atoms with Crippen molar-refractivity contribution in [2.24, 2.45) is 0 Å². The maximum absolute atomic E-state index is 5.74. The van der Waals surface area contributed by atoms with Crippen LogP contribution >= 0.6 is 28.1 Å². The molecule has 1 aromatic carbocycles. The molecule has 4 nitrogen and oxygen atoms in total. The number of hydrogen-bond donors (Lipinski definition) is 1. The van der Waals surface area contributed by atoms with Crippen LogP contribution in [0.3, 0.4) is 0 Å². The van der Waals surface area contributed by atoms with E-state index < -0.39 is 0 Å². The molecule has 0 radical (unpaired) electrons. The number of thiocarbonyl (C=S) groups is 1. The largest absolute Gasteiger partial charge is 0.351 e. The van der Waals surface area contributed by atoms with Crippen LogP contribution in [0.4, 0.5) is 5.69 Å². The number of nitrogens with zero attached hydrogens (tertiary/aromatic N) is 3. The van der Waals surface area contributed by atoms with Gasteiger partial charge in [0.1, 0.15) is 0 Å². The fourth-order valence-electron chi connectivity index (χ4n) is 3.50. The standard InChI is InChI=1S/C21H21BrN4S/c1-14(2)25-12-10-15(13-25)20-19(18-5-3-4-11-23-18)24-21(27)26(20)17-8-6-16(22)7-9-17/h3-14,19-20H,1-2H3,(H,24,27)/t19-,20-/m0/s1. The van der Waals surface area contributed by atoms with E-state index in [2.05, 4.69) is 86.2 Å². The summed E-state index contributed by atoms with van der Waals surface area (Å²) < 4.78 is 3.28. The number of hydrogen-bond acceptors (Lipinski definition) is 2. The molecule has 0 aliphatic carbocycles. The minimum Gasteiger partial charge on any atom is -0.351 e. The highest BCUT2D eigenvalue weighted by atomic mass is 79.9. The summed E-state index contributed by atoms with van der Waals surface area (Å²) in [5.41, 5.74) is 3.27. The monoisotopic (exact) mass is 440 g/mol. The molecule has 2 atom stereocenters. The van der Waals surface area contributed by atoms with Crippen molar-refractivity contribution in [2.75, 3.05) is 4.90 Å². The van der Waals surface area contributed by atoms with Gasteiger partial charge in [-0.25, -0.2) is 0 Å². The van der Waals surface area contributed by atoms with Gasteiger partial charge in [-0.1, -0.05) is 22.0 Å². The van der Waals surface area contributed by atoms with Gasteiger partial charge in [0.15, 0.2) is 5.11 Å². The Balaban J connectivity index is 1.81. The van der Waals surface area contributed by atoms with Crippen LogP contribution in [0.2, 0.25) is 0 Å². The molecule has 1 saturated heterocycles. The van der Waals surface area contributed by atoms with Crippen molar-refractivity contribution >= 4 is 38.9 Å². The lowest BCUT2D eigenvalue weighted by Crippen LogP contribution is -2.29. The van der Waals surface area contributed by atoms with Gasteiger partial charge in [0.25, 0.3) is 0 Å². The van der Waals surface area contributed by atoms with Crippen LogP contribution in [0.25, 0.3) is 0 Å². The zero-order valence-corrected chi connectivity index (χ0v) is 17.6. The van der Waals surface area contributed by atoms with E-state index >= 15 is 0 Å². The number of benzene rings is 1. The van der Waals surface area contributed by atoms with Crippen LogP contribution in [0, 0.1) is 0 Å². The molecular formula is C21H21BrN4S. The first-order valence-corrected chi connectivity index (χ1v) is 10.2. The Morgan fingerprint density at radius 2 is 1.89 bits per heavy atom. The number of rotatable bonds is 4. The zero-order chi connectivity index (χ0) is 19.0. The lowest BCUT2D eigenvalue weighted by atomic mass is 9.98.